The van der Waals surface area contributed by atoms with Crippen molar-refractivity contribution in [3.8, 4) is 0 Å². The van der Waals surface area contributed by atoms with Crippen LogP contribution < -0.4 is 4.90 Å². The number of allylic oxidation sites excluding steroid dienone is 1. The van der Waals surface area contributed by atoms with Crippen molar-refractivity contribution in [1.82, 2.24) is 4.98 Å². The first-order chi connectivity index (χ1) is 11.5. The van der Waals surface area contributed by atoms with Crippen molar-refractivity contribution >= 4 is 34.7 Å². The largest absolute Gasteiger partial charge is 0.294 e. The summed E-state index contributed by atoms with van der Waals surface area (Å²) in [4.78, 5) is 31.2. The molecule has 1 aliphatic rings. The number of hydrogen-bond donors (Lipinski definition) is 0. The summed E-state index contributed by atoms with van der Waals surface area (Å²) in [5.74, 6) is -1.13. The van der Waals surface area contributed by atoms with Gasteiger partial charge in [0.25, 0.3) is 0 Å². The Morgan fingerprint density at radius 2 is 1.67 bits per heavy atom. The lowest BCUT2D eigenvalue weighted by molar-refractivity contribution is -0.131. The van der Waals surface area contributed by atoms with Gasteiger partial charge in [-0.25, -0.2) is 0 Å². The Hall–Kier alpha value is -2.46. The molecule has 5 heteroatoms. The SMILES string of the molecule is CC(C)C1C(=O)C=C(c2ccncc2)N(c2ccc(Cl)cc2)C1=O. The number of hydrogen-bond acceptors (Lipinski definition) is 3. The lowest BCUT2D eigenvalue weighted by atomic mass is 9.85. The van der Waals surface area contributed by atoms with Gasteiger partial charge in [0.15, 0.2) is 5.78 Å². The summed E-state index contributed by atoms with van der Waals surface area (Å²) >= 11 is 5.96. The molecule has 1 aromatic heterocycles. The van der Waals surface area contributed by atoms with Gasteiger partial charge in [0.1, 0.15) is 5.92 Å². The van der Waals surface area contributed by atoms with Gasteiger partial charge in [-0.15, -0.1) is 0 Å². The topological polar surface area (TPSA) is 50.3 Å². The highest BCUT2D eigenvalue weighted by molar-refractivity contribution is 6.30. The molecule has 2 aromatic rings. The second kappa shape index (κ2) is 6.57. The lowest BCUT2D eigenvalue weighted by Crippen LogP contribution is -2.44. The molecule has 4 nitrogen and oxygen atoms in total. The minimum Gasteiger partial charge on any atom is -0.294 e. The van der Waals surface area contributed by atoms with Crippen molar-refractivity contribution in [2.24, 2.45) is 11.8 Å². The van der Waals surface area contributed by atoms with E-state index >= 15 is 0 Å². The lowest BCUT2D eigenvalue weighted by Gasteiger charge is -2.34. The van der Waals surface area contributed by atoms with Gasteiger partial charge in [0.05, 0.1) is 5.70 Å². The number of carbonyl (C=O) groups excluding carboxylic acids is 2. The number of carbonyl (C=O) groups is 2. The highest BCUT2D eigenvalue weighted by atomic mass is 35.5. The van der Waals surface area contributed by atoms with Gasteiger partial charge in [0, 0.05) is 34.7 Å². The normalized spacial score (nSPS) is 18.1. The summed E-state index contributed by atoms with van der Waals surface area (Å²) in [7, 11) is 0. The number of halogens is 1. The van der Waals surface area contributed by atoms with E-state index in [1.807, 2.05) is 13.8 Å². The first-order valence-electron chi connectivity index (χ1n) is 7.74. The first-order valence-corrected chi connectivity index (χ1v) is 8.12. The third kappa shape index (κ3) is 2.97. The number of anilines is 1. The highest BCUT2D eigenvalue weighted by Crippen LogP contribution is 2.34. The summed E-state index contributed by atoms with van der Waals surface area (Å²) in [6, 6.07) is 10.6. The molecule has 122 valence electrons. The van der Waals surface area contributed by atoms with E-state index in [0.717, 1.165) is 5.56 Å². The molecule has 0 radical (unpaired) electrons. The molecule has 0 aliphatic carbocycles. The Morgan fingerprint density at radius 1 is 1.04 bits per heavy atom. The van der Waals surface area contributed by atoms with E-state index in [1.54, 1.807) is 59.8 Å². The molecule has 1 aromatic carbocycles. The van der Waals surface area contributed by atoms with E-state index in [9.17, 15) is 9.59 Å². The zero-order valence-electron chi connectivity index (χ0n) is 13.4. The molecule has 0 bridgehead atoms. The fourth-order valence-electron chi connectivity index (χ4n) is 2.87. The van der Waals surface area contributed by atoms with Gasteiger partial charge < -0.3 is 0 Å². The van der Waals surface area contributed by atoms with Gasteiger partial charge in [-0.2, -0.15) is 0 Å². The second-order valence-electron chi connectivity index (χ2n) is 6.04. The van der Waals surface area contributed by atoms with Gasteiger partial charge in [-0.3, -0.25) is 19.5 Å². The van der Waals surface area contributed by atoms with Crippen molar-refractivity contribution in [2.45, 2.75) is 13.8 Å². The van der Waals surface area contributed by atoms with Crippen LogP contribution in [0.4, 0.5) is 5.69 Å². The van der Waals surface area contributed by atoms with Gasteiger partial charge in [-0.1, -0.05) is 25.4 Å². The molecule has 0 spiro atoms. The molecule has 3 rings (SSSR count). The summed E-state index contributed by atoms with van der Waals surface area (Å²) in [6.45, 7) is 3.76. The minimum absolute atomic E-state index is 0.0740. The molecule has 24 heavy (non-hydrogen) atoms. The molecular formula is C19H17ClN2O2. The maximum absolute atomic E-state index is 13.1. The van der Waals surface area contributed by atoms with E-state index in [-0.39, 0.29) is 17.6 Å². The molecule has 0 saturated carbocycles. The van der Waals surface area contributed by atoms with Crippen molar-refractivity contribution in [1.29, 1.82) is 0 Å². The predicted molar refractivity (Wildman–Crippen MR) is 94.5 cm³/mol. The smallest absolute Gasteiger partial charge is 0.242 e. The van der Waals surface area contributed by atoms with Gasteiger partial charge >= 0.3 is 0 Å². The van der Waals surface area contributed by atoms with Gasteiger partial charge in [-0.05, 0) is 42.3 Å². The van der Waals surface area contributed by atoms with Crippen LogP contribution in [-0.4, -0.2) is 16.7 Å². The quantitative estimate of drug-likeness (QED) is 0.794. The van der Waals surface area contributed by atoms with Gasteiger partial charge in [0.2, 0.25) is 5.91 Å². The molecule has 0 N–H and O–H groups in total. The van der Waals surface area contributed by atoms with Crippen LogP contribution in [0.25, 0.3) is 5.70 Å². The summed E-state index contributed by atoms with van der Waals surface area (Å²) < 4.78 is 0. The molecule has 1 aliphatic heterocycles. The average Bonchev–Trinajstić information content (AvgIpc) is 2.56. The monoisotopic (exact) mass is 340 g/mol. The average molecular weight is 341 g/mol. The predicted octanol–water partition coefficient (Wildman–Crippen LogP) is 3.96. The Balaban J connectivity index is 2.16. The van der Waals surface area contributed by atoms with Crippen molar-refractivity contribution in [3.63, 3.8) is 0 Å². The van der Waals surface area contributed by atoms with Crippen LogP contribution in [0, 0.1) is 11.8 Å². The molecule has 1 atom stereocenters. The number of amides is 1. The molecule has 2 heterocycles. The Kier molecular flexibility index (Phi) is 4.49. The van der Waals surface area contributed by atoms with E-state index in [2.05, 4.69) is 4.98 Å². The molecule has 1 unspecified atom stereocenters. The van der Waals surface area contributed by atoms with E-state index in [0.29, 0.717) is 16.4 Å². The number of benzene rings is 1. The van der Waals surface area contributed by atoms with Crippen molar-refractivity contribution in [2.75, 3.05) is 4.90 Å². The number of ketones is 1. The van der Waals surface area contributed by atoms with E-state index < -0.39 is 5.92 Å². The van der Waals surface area contributed by atoms with Crippen LogP contribution >= 0.6 is 11.6 Å². The minimum atomic E-state index is -0.675. The second-order valence-corrected chi connectivity index (χ2v) is 6.48. The first kappa shape index (κ1) is 16.4. The summed E-state index contributed by atoms with van der Waals surface area (Å²) in [5, 5.41) is 0.592. The highest BCUT2D eigenvalue weighted by Gasteiger charge is 2.39. The van der Waals surface area contributed by atoms with Crippen LogP contribution in [0.3, 0.4) is 0 Å². The number of nitrogens with zero attached hydrogens (tertiary/aromatic N) is 2. The maximum atomic E-state index is 13.1. The number of pyridine rings is 1. The zero-order valence-corrected chi connectivity index (χ0v) is 14.2. The van der Waals surface area contributed by atoms with Crippen LogP contribution in [-0.2, 0) is 9.59 Å². The summed E-state index contributed by atoms with van der Waals surface area (Å²) in [6.07, 6.45) is 4.83. The summed E-state index contributed by atoms with van der Waals surface area (Å²) in [5.41, 5.74) is 2.01. The Bertz CT molecular complexity index is 798. The maximum Gasteiger partial charge on any atom is 0.242 e. The van der Waals surface area contributed by atoms with Crippen LogP contribution in [0.5, 0.6) is 0 Å². The number of rotatable bonds is 3. The van der Waals surface area contributed by atoms with Crippen molar-refractivity contribution < 1.29 is 9.59 Å². The molecule has 1 amide bonds. The van der Waals surface area contributed by atoms with Crippen molar-refractivity contribution in [3.05, 3.63) is 65.5 Å². The third-order valence-corrected chi connectivity index (χ3v) is 4.29. The fourth-order valence-corrected chi connectivity index (χ4v) is 3.00. The van der Waals surface area contributed by atoms with E-state index in [1.165, 1.54) is 0 Å². The zero-order chi connectivity index (χ0) is 17.3. The Labute approximate surface area is 145 Å². The Morgan fingerprint density at radius 3 is 2.25 bits per heavy atom. The standard InChI is InChI=1S/C19H17ClN2O2/c1-12(2)18-17(23)11-16(13-7-9-21-10-8-13)22(19(18)24)15-5-3-14(20)4-6-15/h3-12,18H,1-2H3. The molecule has 0 saturated heterocycles. The van der Waals surface area contributed by atoms with E-state index in [4.69, 9.17) is 11.6 Å². The van der Waals surface area contributed by atoms with Crippen LogP contribution in [0.15, 0.2) is 54.9 Å². The number of aromatic nitrogens is 1. The molecule has 0 fully saturated rings. The van der Waals surface area contributed by atoms with Crippen LogP contribution in [0.2, 0.25) is 5.02 Å². The van der Waals surface area contributed by atoms with Crippen LogP contribution in [0.1, 0.15) is 19.4 Å². The third-order valence-electron chi connectivity index (χ3n) is 4.04. The fraction of sp³-hybridized carbons (Fsp3) is 0.211. The molecular weight excluding hydrogens is 324 g/mol.